The number of furan rings is 1. The molecule has 0 bridgehead atoms. The number of hydrogen-bond donors (Lipinski definition) is 0. The van der Waals surface area contributed by atoms with Gasteiger partial charge in [-0.1, -0.05) is 140 Å². The van der Waals surface area contributed by atoms with Crippen molar-refractivity contribution >= 4 is 32.7 Å². The Morgan fingerprint density at radius 1 is 0.362 bits per heavy atom. The second-order valence-electron chi connectivity index (χ2n) is 11.6. The van der Waals surface area contributed by atoms with Crippen molar-refractivity contribution in [3.8, 4) is 56.4 Å². The molecule has 2 heterocycles. The van der Waals surface area contributed by atoms with Gasteiger partial charge in [-0.3, -0.25) is 0 Å². The molecule has 0 amide bonds. The van der Waals surface area contributed by atoms with Crippen molar-refractivity contribution in [1.82, 2.24) is 15.0 Å². The first kappa shape index (κ1) is 27.0. The molecule has 220 valence electrons. The number of fused-ring (bicyclic) bond motifs is 5. The van der Waals surface area contributed by atoms with Gasteiger partial charge in [0.15, 0.2) is 17.5 Å². The summed E-state index contributed by atoms with van der Waals surface area (Å²) in [6.45, 7) is 0. The fraction of sp³-hybridized carbons (Fsp3) is 0. The van der Waals surface area contributed by atoms with Crippen LogP contribution in [0.25, 0.3) is 89.1 Å². The van der Waals surface area contributed by atoms with Gasteiger partial charge in [0.25, 0.3) is 0 Å². The van der Waals surface area contributed by atoms with Crippen molar-refractivity contribution in [3.63, 3.8) is 0 Å². The number of aromatic nitrogens is 3. The number of nitrogens with zero attached hydrogens (tertiary/aromatic N) is 3. The Balaban J connectivity index is 1.24. The standard InChI is InChI=1S/C43H27N3O/c1-4-12-28(13-5-1)29-20-22-32(23-21-29)42-44-41(31-16-8-3-9-17-31)45-43(46-42)34-24-25-38-37(27-34)39-36(30-14-6-2-7-15-30)26-33-18-10-11-19-35(33)40(39)47-38/h1-27H. The predicted octanol–water partition coefficient (Wildman–Crippen LogP) is 11.3. The Kier molecular flexibility index (Phi) is 6.43. The topological polar surface area (TPSA) is 51.8 Å². The Hall–Kier alpha value is -6.39. The van der Waals surface area contributed by atoms with Crippen LogP contribution in [-0.2, 0) is 0 Å². The highest BCUT2D eigenvalue weighted by Gasteiger charge is 2.19. The monoisotopic (exact) mass is 601 g/mol. The first-order chi connectivity index (χ1) is 23.3. The molecule has 0 N–H and O–H groups in total. The molecule has 9 aromatic rings. The van der Waals surface area contributed by atoms with Crippen molar-refractivity contribution in [1.29, 1.82) is 0 Å². The largest absolute Gasteiger partial charge is 0.455 e. The number of hydrogen-bond acceptors (Lipinski definition) is 4. The lowest BCUT2D eigenvalue weighted by molar-refractivity contribution is 0.673. The molecule has 47 heavy (non-hydrogen) atoms. The fourth-order valence-electron chi connectivity index (χ4n) is 6.39. The van der Waals surface area contributed by atoms with Gasteiger partial charge in [0.2, 0.25) is 0 Å². The highest BCUT2D eigenvalue weighted by Crippen LogP contribution is 2.42. The zero-order valence-electron chi connectivity index (χ0n) is 25.3. The molecule has 4 heteroatoms. The van der Waals surface area contributed by atoms with Crippen molar-refractivity contribution in [3.05, 3.63) is 164 Å². The van der Waals surface area contributed by atoms with Crippen LogP contribution < -0.4 is 0 Å². The van der Waals surface area contributed by atoms with Gasteiger partial charge in [-0.2, -0.15) is 0 Å². The lowest BCUT2D eigenvalue weighted by Crippen LogP contribution is -2.00. The smallest absolute Gasteiger partial charge is 0.164 e. The zero-order valence-corrected chi connectivity index (χ0v) is 25.3. The summed E-state index contributed by atoms with van der Waals surface area (Å²) < 4.78 is 6.60. The van der Waals surface area contributed by atoms with Gasteiger partial charge in [-0.15, -0.1) is 0 Å². The number of benzene rings is 7. The molecule has 0 atom stereocenters. The molecule has 2 aromatic heterocycles. The summed E-state index contributed by atoms with van der Waals surface area (Å²) in [6.07, 6.45) is 0. The van der Waals surface area contributed by atoms with Crippen molar-refractivity contribution in [2.45, 2.75) is 0 Å². The molecule has 0 aliphatic heterocycles. The average molecular weight is 602 g/mol. The van der Waals surface area contributed by atoms with Crippen molar-refractivity contribution in [2.75, 3.05) is 0 Å². The Labute approximate surface area is 271 Å². The summed E-state index contributed by atoms with van der Waals surface area (Å²) in [5.74, 6) is 1.87. The Morgan fingerprint density at radius 2 is 0.851 bits per heavy atom. The third kappa shape index (κ3) is 4.84. The van der Waals surface area contributed by atoms with Gasteiger partial charge in [0.05, 0.1) is 0 Å². The van der Waals surface area contributed by atoms with Crippen LogP contribution in [0.15, 0.2) is 168 Å². The maximum absolute atomic E-state index is 6.60. The molecule has 4 nitrogen and oxygen atoms in total. The third-order valence-electron chi connectivity index (χ3n) is 8.72. The van der Waals surface area contributed by atoms with E-state index in [1.54, 1.807) is 0 Å². The van der Waals surface area contributed by atoms with Crippen LogP contribution in [0.2, 0.25) is 0 Å². The molecule has 0 radical (unpaired) electrons. The highest BCUT2D eigenvalue weighted by atomic mass is 16.3. The summed E-state index contributed by atoms with van der Waals surface area (Å²) in [6, 6.07) is 56.3. The van der Waals surface area contributed by atoms with Gasteiger partial charge in [-0.05, 0) is 51.9 Å². The second kappa shape index (κ2) is 11.2. The van der Waals surface area contributed by atoms with Gasteiger partial charge in [0, 0.05) is 32.8 Å². The minimum Gasteiger partial charge on any atom is -0.455 e. The molecule has 0 fully saturated rings. The first-order valence-corrected chi connectivity index (χ1v) is 15.7. The average Bonchev–Trinajstić information content (AvgIpc) is 3.55. The van der Waals surface area contributed by atoms with Crippen LogP contribution in [0.1, 0.15) is 0 Å². The number of rotatable bonds is 5. The minimum absolute atomic E-state index is 0.610. The van der Waals surface area contributed by atoms with E-state index >= 15 is 0 Å². The van der Waals surface area contributed by atoms with Crippen molar-refractivity contribution in [2.24, 2.45) is 0 Å². The van der Waals surface area contributed by atoms with Crippen LogP contribution in [-0.4, -0.2) is 15.0 Å². The SMILES string of the molecule is c1ccc(-c2ccc(-c3nc(-c4ccccc4)nc(-c4ccc5oc6c7ccccc7cc(-c7ccccc7)c6c5c4)n3)cc2)cc1. The van der Waals surface area contributed by atoms with Gasteiger partial charge in [0.1, 0.15) is 11.2 Å². The lowest BCUT2D eigenvalue weighted by Gasteiger charge is -2.10. The molecular weight excluding hydrogens is 574 g/mol. The molecule has 0 saturated heterocycles. The van der Waals surface area contributed by atoms with Crippen LogP contribution in [0.3, 0.4) is 0 Å². The van der Waals surface area contributed by atoms with E-state index in [2.05, 4.69) is 109 Å². The molecule has 9 rings (SSSR count). The normalized spacial score (nSPS) is 11.4. The van der Waals surface area contributed by atoms with Crippen LogP contribution >= 0.6 is 0 Å². The molecule has 0 unspecified atom stereocenters. The van der Waals surface area contributed by atoms with E-state index in [-0.39, 0.29) is 0 Å². The molecule has 7 aromatic carbocycles. The maximum atomic E-state index is 6.60. The Bertz CT molecular complexity index is 2540. The first-order valence-electron chi connectivity index (χ1n) is 15.7. The molecular formula is C43H27N3O. The maximum Gasteiger partial charge on any atom is 0.164 e. The summed E-state index contributed by atoms with van der Waals surface area (Å²) in [4.78, 5) is 15.0. The third-order valence-corrected chi connectivity index (χ3v) is 8.72. The van der Waals surface area contributed by atoms with Gasteiger partial charge >= 0.3 is 0 Å². The molecule has 0 aliphatic carbocycles. The van der Waals surface area contributed by atoms with E-state index in [9.17, 15) is 0 Å². The quantitative estimate of drug-likeness (QED) is 0.197. The van der Waals surface area contributed by atoms with E-state index in [0.717, 1.165) is 66.1 Å². The summed E-state index contributed by atoms with van der Waals surface area (Å²) in [7, 11) is 0. The van der Waals surface area contributed by atoms with Crippen molar-refractivity contribution < 1.29 is 4.42 Å². The van der Waals surface area contributed by atoms with E-state index in [4.69, 9.17) is 19.4 Å². The van der Waals surface area contributed by atoms with E-state index in [1.165, 1.54) is 5.56 Å². The molecule has 0 saturated carbocycles. The van der Waals surface area contributed by atoms with Crippen LogP contribution in [0, 0.1) is 0 Å². The van der Waals surface area contributed by atoms with Gasteiger partial charge in [-0.25, -0.2) is 15.0 Å². The predicted molar refractivity (Wildman–Crippen MR) is 192 cm³/mol. The van der Waals surface area contributed by atoms with E-state index in [0.29, 0.717) is 17.5 Å². The molecule has 0 spiro atoms. The highest BCUT2D eigenvalue weighted by molar-refractivity contribution is 6.21. The zero-order chi connectivity index (χ0) is 31.2. The Morgan fingerprint density at radius 3 is 1.53 bits per heavy atom. The van der Waals surface area contributed by atoms with Gasteiger partial charge < -0.3 is 4.42 Å². The second-order valence-corrected chi connectivity index (χ2v) is 11.6. The van der Waals surface area contributed by atoms with E-state index in [1.807, 2.05) is 54.6 Å². The summed E-state index contributed by atoms with van der Waals surface area (Å²) >= 11 is 0. The minimum atomic E-state index is 0.610. The fourth-order valence-corrected chi connectivity index (χ4v) is 6.39. The van der Waals surface area contributed by atoms with Crippen LogP contribution in [0.4, 0.5) is 0 Å². The summed E-state index contributed by atoms with van der Waals surface area (Å²) in [5, 5.41) is 4.34. The van der Waals surface area contributed by atoms with Crippen LogP contribution in [0.5, 0.6) is 0 Å². The summed E-state index contributed by atoms with van der Waals surface area (Å²) in [5.41, 5.74) is 9.06. The lowest BCUT2D eigenvalue weighted by atomic mass is 9.95. The molecule has 0 aliphatic rings. The van der Waals surface area contributed by atoms with E-state index < -0.39 is 0 Å².